The van der Waals surface area contributed by atoms with Gasteiger partial charge in [0.2, 0.25) is 6.79 Å². The fourth-order valence-corrected chi connectivity index (χ4v) is 4.30. The molecule has 1 aliphatic heterocycles. The van der Waals surface area contributed by atoms with Gasteiger partial charge in [0.05, 0.1) is 5.02 Å². The van der Waals surface area contributed by atoms with Gasteiger partial charge in [-0.25, -0.2) is 0 Å². The molecule has 0 radical (unpaired) electrons. The second kappa shape index (κ2) is 6.90. The average Bonchev–Trinajstić information content (AvgIpc) is 3.19. The third-order valence-electron chi connectivity index (χ3n) is 3.85. The van der Waals surface area contributed by atoms with Crippen molar-refractivity contribution in [2.45, 2.75) is 10.9 Å². The molecule has 0 atom stereocenters. The van der Waals surface area contributed by atoms with Crippen LogP contribution >= 0.6 is 39.3 Å². The van der Waals surface area contributed by atoms with Crippen LogP contribution < -0.4 is 9.47 Å². The van der Waals surface area contributed by atoms with Crippen molar-refractivity contribution >= 4 is 39.3 Å². The number of thioether (sulfide) groups is 1. The van der Waals surface area contributed by atoms with Gasteiger partial charge in [0.15, 0.2) is 22.5 Å². The molecule has 0 bridgehead atoms. The summed E-state index contributed by atoms with van der Waals surface area (Å²) in [5.41, 5.74) is 1.98. The smallest absolute Gasteiger partial charge is 0.231 e. The molecule has 2 aromatic carbocycles. The van der Waals surface area contributed by atoms with Gasteiger partial charge in [-0.15, -0.1) is 10.2 Å². The zero-order valence-corrected chi connectivity index (χ0v) is 16.4. The summed E-state index contributed by atoms with van der Waals surface area (Å²) in [5.74, 6) is 3.01. The molecular weight excluding hydrogens is 426 g/mol. The molecule has 128 valence electrons. The second-order valence-electron chi connectivity index (χ2n) is 5.43. The third-order valence-corrected chi connectivity index (χ3v) is 5.98. The van der Waals surface area contributed by atoms with E-state index in [0.717, 1.165) is 43.8 Å². The van der Waals surface area contributed by atoms with Gasteiger partial charge in [-0.05, 0) is 29.8 Å². The van der Waals surface area contributed by atoms with Crippen LogP contribution in [0.1, 0.15) is 5.56 Å². The van der Waals surface area contributed by atoms with E-state index in [-0.39, 0.29) is 6.79 Å². The van der Waals surface area contributed by atoms with Gasteiger partial charge in [-0.1, -0.05) is 51.4 Å². The van der Waals surface area contributed by atoms with Crippen molar-refractivity contribution in [3.63, 3.8) is 0 Å². The van der Waals surface area contributed by atoms with E-state index >= 15 is 0 Å². The highest BCUT2D eigenvalue weighted by Crippen LogP contribution is 2.39. The number of nitrogens with zero attached hydrogens (tertiary/aromatic N) is 3. The summed E-state index contributed by atoms with van der Waals surface area (Å²) in [6.07, 6.45) is 0. The Bertz CT molecular complexity index is 948. The average molecular weight is 439 g/mol. The summed E-state index contributed by atoms with van der Waals surface area (Å²) in [4.78, 5) is 0. The van der Waals surface area contributed by atoms with Gasteiger partial charge in [0.1, 0.15) is 0 Å². The van der Waals surface area contributed by atoms with Crippen molar-refractivity contribution in [1.29, 1.82) is 0 Å². The quantitative estimate of drug-likeness (QED) is 0.541. The Morgan fingerprint density at radius 1 is 1.20 bits per heavy atom. The predicted octanol–water partition coefficient (Wildman–Crippen LogP) is 4.92. The molecule has 0 fully saturated rings. The van der Waals surface area contributed by atoms with Crippen molar-refractivity contribution in [1.82, 2.24) is 14.8 Å². The van der Waals surface area contributed by atoms with Crippen molar-refractivity contribution in [3.8, 4) is 22.9 Å². The Kier molecular flexibility index (Phi) is 4.62. The van der Waals surface area contributed by atoms with Gasteiger partial charge in [0, 0.05) is 22.8 Å². The van der Waals surface area contributed by atoms with E-state index in [2.05, 4.69) is 26.1 Å². The van der Waals surface area contributed by atoms with Gasteiger partial charge >= 0.3 is 0 Å². The lowest BCUT2D eigenvalue weighted by Crippen LogP contribution is -1.96. The standard InChI is InChI=1S/C17H13BrClN3O2S/c1-22-16(11-4-2-3-5-13(11)19)20-21-17(22)25-8-10-6-14-15(7-12(10)18)24-9-23-14/h2-7H,8-9H2,1H3. The topological polar surface area (TPSA) is 49.2 Å². The monoisotopic (exact) mass is 437 g/mol. The van der Waals surface area contributed by atoms with Crippen LogP contribution in [0, 0.1) is 0 Å². The second-order valence-corrected chi connectivity index (χ2v) is 7.63. The zero-order valence-electron chi connectivity index (χ0n) is 13.2. The summed E-state index contributed by atoms with van der Waals surface area (Å²) in [6.45, 7) is 0.267. The molecule has 0 saturated carbocycles. The number of hydrogen-bond donors (Lipinski definition) is 0. The molecule has 1 aliphatic rings. The molecular formula is C17H13BrClN3O2S. The zero-order chi connectivity index (χ0) is 17.4. The van der Waals surface area contributed by atoms with E-state index in [0.29, 0.717) is 5.02 Å². The first kappa shape index (κ1) is 16.8. The van der Waals surface area contributed by atoms with Crippen LogP contribution in [0.2, 0.25) is 5.02 Å². The first-order chi connectivity index (χ1) is 12.1. The fraction of sp³-hybridized carbons (Fsp3) is 0.176. The van der Waals surface area contributed by atoms with E-state index in [4.69, 9.17) is 21.1 Å². The molecule has 1 aromatic heterocycles. The molecule has 5 nitrogen and oxygen atoms in total. The summed E-state index contributed by atoms with van der Waals surface area (Å²) < 4.78 is 13.8. The van der Waals surface area contributed by atoms with Crippen LogP contribution in [-0.4, -0.2) is 21.6 Å². The third kappa shape index (κ3) is 3.23. The Balaban J connectivity index is 1.56. The number of halogens is 2. The van der Waals surface area contributed by atoms with Crippen LogP contribution in [0.5, 0.6) is 11.5 Å². The van der Waals surface area contributed by atoms with E-state index in [1.54, 1.807) is 11.8 Å². The Labute approximate surface area is 162 Å². The SMILES string of the molecule is Cn1c(SCc2cc3c(cc2Br)OCO3)nnc1-c1ccccc1Cl. The van der Waals surface area contributed by atoms with Crippen molar-refractivity contribution in [2.75, 3.05) is 6.79 Å². The molecule has 2 heterocycles. The molecule has 25 heavy (non-hydrogen) atoms. The van der Waals surface area contributed by atoms with Crippen molar-refractivity contribution < 1.29 is 9.47 Å². The largest absolute Gasteiger partial charge is 0.454 e. The van der Waals surface area contributed by atoms with E-state index in [9.17, 15) is 0 Å². The molecule has 0 spiro atoms. The highest BCUT2D eigenvalue weighted by molar-refractivity contribution is 9.10. The predicted molar refractivity (Wildman–Crippen MR) is 101 cm³/mol. The minimum absolute atomic E-state index is 0.267. The number of fused-ring (bicyclic) bond motifs is 1. The number of benzene rings is 2. The van der Waals surface area contributed by atoms with E-state index in [1.807, 2.05) is 48.0 Å². The van der Waals surface area contributed by atoms with E-state index < -0.39 is 0 Å². The Hall–Kier alpha value is -1.70. The van der Waals surface area contributed by atoms with Crippen LogP contribution in [-0.2, 0) is 12.8 Å². The maximum absolute atomic E-state index is 6.27. The lowest BCUT2D eigenvalue weighted by molar-refractivity contribution is 0.174. The Morgan fingerprint density at radius 2 is 1.96 bits per heavy atom. The van der Waals surface area contributed by atoms with Gasteiger partial charge in [-0.3, -0.25) is 0 Å². The number of hydrogen-bond acceptors (Lipinski definition) is 5. The Morgan fingerprint density at radius 3 is 2.76 bits per heavy atom. The van der Waals surface area contributed by atoms with Gasteiger partial charge in [0.25, 0.3) is 0 Å². The highest BCUT2D eigenvalue weighted by Gasteiger charge is 2.18. The molecule has 0 aliphatic carbocycles. The lowest BCUT2D eigenvalue weighted by Gasteiger charge is -2.07. The number of ether oxygens (including phenoxy) is 2. The first-order valence-electron chi connectivity index (χ1n) is 7.48. The lowest BCUT2D eigenvalue weighted by atomic mass is 10.2. The van der Waals surface area contributed by atoms with E-state index in [1.165, 1.54) is 0 Å². The first-order valence-corrected chi connectivity index (χ1v) is 9.64. The highest BCUT2D eigenvalue weighted by atomic mass is 79.9. The van der Waals surface area contributed by atoms with Crippen molar-refractivity contribution in [3.05, 3.63) is 51.5 Å². The van der Waals surface area contributed by atoms with Crippen LogP contribution in [0.25, 0.3) is 11.4 Å². The number of aromatic nitrogens is 3. The van der Waals surface area contributed by atoms with Gasteiger partial charge in [-0.2, -0.15) is 0 Å². The summed E-state index contributed by atoms with van der Waals surface area (Å²) in [7, 11) is 1.94. The summed E-state index contributed by atoms with van der Waals surface area (Å²) in [6, 6.07) is 11.5. The normalized spacial score (nSPS) is 12.6. The molecule has 8 heteroatoms. The molecule has 0 saturated heterocycles. The minimum atomic E-state index is 0.267. The van der Waals surface area contributed by atoms with Crippen LogP contribution in [0.15, 0.2) is 46.0 Å². The minimum Gasteiger partial charge on any atom is -0.454 e. The van der Waals surface area contributed by atoms with Crippen molar-refractivity contribution in [2.24, 2.45) is 7.05 Å². The molecule has 4 rings (SSSR count). The maximum atomic E-state index is 6.27. The molecule has 0 N–H and O–H groups in total. The molecule has 3 aromatic rings. The van der Waals surface area contributed by atoms with Crippen LogP contribution in [0.3, 0.4) is 0 Å². The van der Waals surface area contributed by atoms with Crippen LogP contribution in [0.4, 0.5) is 0 Å². The summed E-state index contributed by atoms with van der Waals surface area (Å²) in [5, 5.41) is 10.1. The molecule has 0 amide bonds. The fourth-order valence-electron chi connectivity index (χ4n) is 2.53. The summed E-state index contributed by atoms with van der Waals surface area (Å²) >= 11 is 11.5. The number of rotatable bonds is 4. The van der Waals surface area contributed by atoms with Gasteiger partial charge < -0.3 is 14.0 Å². The molecule has 0 unspecified atom stereocenters. The maximum Gasteiger partial charge on any atom is 0.231 e.